The number of carbonyl (C=O) groups is 2. The van der Waals surface area contributed by atoms with Crippen molar-refractivity contribution < 1.29 is 23.8 Å². The van der Waals surface area contributed by atoms with Crippen LogP contribution in [0.3, 0.4) is 0 Å². The van der Waals surface area contributed by atoms with Crippen LogP contribution < -0.4 is 15.4 Å². The van der Waals surface area contributed by atoms with E-state index in [0.29, 0.717) is 16.8 Å². The second kappa shape index (κ2) is 8.16. The van der Waals surface area contributed by atoms with E-state index in [9.17, 15) is 9.59 Å². The maximum atomic E-state index is 12.4. The van der Waals surface area contributed by atoms with Crippen molar-refractivity contribution in [3.8, 4) is 5.75 Å². The van der Waals surface area contributed by atoms with Crippen molar-refractivity contribution in [1.29, 1.82) is 0 Å². The molecule has 2 atom stereocenters. The van der Waals surface area contributed by atoms with Crippen molar-refractivity contribution in [2.75, 3.05) is 27.4 Å². The quantitative estimate of drug-likeness (QED) is 0.566. The third kappa shape index (κ3) is 4.07. The molecule has 1 aliphatic heterocycles. The topological polar surface area (TPSA) is 85.9 Å². The summed E-state index contributed by atoms with van der Waals surface area (Å²) in [6.45, 7) is 4.21. The van der Waals surface area contributed by atoms with Crippen molar-refractivity contribution in [3.63, 3.8) is 0 Å². The lowest BCUT2D eigenvalue weighted by Gasteiger charge is -2.33. The molecule has 0 saturated carbocycles. The molecule has 7 nitrogen and oxygen atoms in total. The summed E-state index contributed by atoms with van der Waals surface area (Å²) in [5.41, 5.74) is 1.02. The maximum absolute atomic E-state index is 12.4. The first-order valence-electron chi connectivity index (χ1n) is 7.23. The number of hydrogen-bond acceptors (Lipinski definition) is 5. The fourth-order valence-corrected chi connectivity index (χ4v) is 2.99. The third-order valence-electron chi connectivity index (χ3n) is 3.59. The van der Waals surface area contributed by atoms with Gasteiger partial charge in [0, 0.05) is 12.8 Å². The molecule has 0 spiro atoms. The highest BCUT2D eigenvalue weighted by Crippen LogP contribution is 2.34. The van der Waals surface area contributed by atoms with Gasteiger partial charge in [0.1, 0.15) is 18.3 Å². The molecular formula is C16H19BrN2O5. The number of ether oxygens (including phenoxy) is 3. The van der Waals surface area contributed by atoms with Crippen LogP contribution >= 0.6 is 15.9 Å². The Hall–Kier alpha value is -2.06. The summed E-state index contributed by atoms with van der Waals surface area (Å²) in [7, 11) is 3.08. The summed E-state index contributed by atoms with van der Waals surface area (Å²) in [6.07, 6.45) is 0. The minimum Gasteiger partial charge on any atom is -0.496 e. The van der Waals surface area contributed by atoms with Crippen LogP contribution in [0.4, 0.5) is 4.79 Å². The molecule has 1 aliphatic rings. The van der Waals surface area contributed by atoms with Gasteiger partial charge in [-0.15, -0.1) is 0 Å². The van der Waals surface area contributed by atoms with Crippen molar-refractivity contribution in [3.05, 3.63) is 40.5 Å². The zero-order valence-electron chi connectivity index (χ0n) is 13.4. The molecule has 1 saturated heterocycles. The molecule has 0 aromatic heterocycles. The lowest BCUT2D eigenvalue weighted by molar-refractivity contribution is -0.149. The number of nitrogens with one attached hydrogen (secondary N) is 2. The van der Waals surface area contributed by atoms with Gasteiger partial charge in [-0.2, -0.15) is 0 Å². The minimum atomic E-state index is -0.750. The van der Waals surface area contributed by atoms with Crippen molar-refractivity contribution in [2.45, 2.75) is 6.04 Å². The number of halogens is 1. The van der Waals surface area contributed by atoms with Crippen LogP contribution in [0.15, 0.2) is 34.9 Å². The summed E-state index contributed by atoms with van der Waals surface area (Å²) >= 11 is 3.40. The average Bonchev–Trinajstić information content (AvgIpc) is 2.54. The summed E-state index contributed by atoms with van der Waals surface area (Å²) < 4.78 is 16.0. The predicted octanol–water partition coefficient (Wildman–Crippen LogP) is 2.13. The molecule has 0 unspecified atom stereocenters. The van der Waals surface area contributed by atoms with Gasteiger partial charge in [-0.1, -0.05) is 12.6 Å². The van der Waals surface area contributed by atoms with E-state index in [1.165, 1.54) is 7.11 Å². The van der Waals surface area contributed by atoms with E-state index in [1.807, 2.05) is 0 Å². The molecule has 0 bridgehead atoms. The Morgan fingerprint density at radius 3 is 2.71 bits per heavy atom. The van der Waals surface area contributed by atoms with Crippen molar-refractivity contribution >= 4 is 27.9 Å². The van der Waals surface area contributed by atoms with Gasteiger partial charge in [0.05, 0.1) is 24.2 Å². The average molecular weight is 399 g/mol. The first-order chi connectivity index (χ1) is 11.5. The van der Waals surface area contributed by atoms with Crippen LogP contribution in [0.1, 0.15) is 11.6 Å². The molecule has 24 heavy (non-hydrogen) atoms. The van der Waals surface area contributed by atoms with Crippen LogP contribution in [-0.4, -0.2) is 39.4 Å². The number of hydrogen-bond donors (Lipinski definition) is 2. The maximum Gasteiger partial charge on any atom is 0.319 e. The minimum absolute atomic E-state index is 0.131. The van der Waals surface area contributed by atoms with Gasteiger partial charge in [0.2, 0.25) is 0 Å². The number of rotatable bonds is 6. The second-order valence-electron chi connectivity index (χ2n) is 5.13. The molecule has 130 valence electrons. The van der Waals surface area contributed by atoms with E-state index in [1.54, 1.807) is 25.3 Å². The van der Waals surface area contributed by atoms with Crippen LogP contribution in [-0.2, 0) is 14.3 Å². The molecule has 1 aromatic carbocycles. The van der Waals surface area contributed by atoms with Gasteiger partial charge < -0.3 is 24.8 Å². The predicted molar refractivity (Wildman–Crippen MR) is 90.6 cm³/mol. The summed E-state index contributed by atoms with van der Waals surface area (Å²) in [5, 5.41) is 5.27. The largest absolute Gasteiger partial charge is 0.496 e. The van der Waals surface area contributed by atoms with Gasteiger partial charge in [0.25, 0.3) is 0 Å². The Morgan fingerprint density at radius 1 is 1.33 bits per heavy atom. The molecule has 0 aliphatic carbocycles. The Labute approximate surface area is 148 Å². The highest BCUT2D eigenvalue weighted by Gasteiger charge is 2.39. The smallest absolute Gasteiger partial charge is 0.319 e. The number of benzene rings is 1. The van der Waals surface area contributed by atoms with E-state index >= 15 is 0 Å². The van der Waals surface area contributed by atoms with E-state index in [0.717, 1.165) is 5.56 Å². The van der Waals surface area contributed by atoms with E-state index in [2.05, 4.69) is 33.1 Å². The number of carbonyl (C=O) groups excluding carboxylic acids is 2. The van der Waals surface area contributed by atoms with E-state index in [-0.39, 0.29) is 12.3 Å². The fraction of sp³-hybridized carbons (Fsp3) is 0.375. The third-order valence-corrected chi connectivity index (χ3v) is 4.21. The van der Waals surface area contributed by atoms with Crippen LogP contribution in [0.5, 0.6) is 5.75 Å². The van der Waals surface area contributed by atoms with Crippen LogP contribution in [0.25, 0.3) is 0 Å². The summed E-state index contributed by atoms with van der Waals surface area (Å²) in [4.78, 5) is 24.2. The van der Waals surface area contributed by atoms with Gasteiger partial charge in [-0.05, 0) is 33.6 Å². The first-order valence-corrected chi connectivity index (χ1v) is 8.02. The van der Waals surface area contributed by atoms with Crippen molar-refractivity contribution in [1.82, 2.24) is 10.6 Å². The zero-order valence-corrected chi connectivity index (χ0v) is 15.0. The van der Waals surface area contributed by atoms with Gasteiger partial charge >= 0.3 is 12.0 Å². The monoisotopic (exact) mass is 398 g/mol. The number of urea groups is 1. The molecule has 2 amide bonds. The van der Waals surface area contributed by atoms with Crippen molar-refractivity contribution in [2.24, 2.45) is 5.92 Å². The number of methoxy groups -OCH3 is 2. The molecular weight excluding hydrogens is 380 g/mol. The van der Waals surface area contributed by atoms with E-state index in [4.69, 9.17) is 14.2 Å². The van der Waals surface area contributed by atoms with E-state index < -0.39 is 24.0 Å². The second-order valence-corrected chi connectivity index (χ2v) is 5.99. The molecule has 1 fully saturated rings. The standard InChI is InChI=1S/C16H19BrN2O5/c1-9-13(15(20)24-7-6-22-2)14(19-16(21)18-9)10-4-5-12(23-3)11(17)8-10/h4-5,8,13-14H,1,6-7H2,2-3H3,(H2,18,19,21)/t13-,14+/m0/s1. The molecule has 1 aromatic rings. The van der Waals surface area contributed by atoms with Gasteiger partial charge in [-0.25, -0.2) is 4.79 Å². The first kappa shape index (κ1) is 18.3. The number of amides is 2. The Bertz CT molecular complexity index is 649. The van der Waals surface area contributed by atoms with Crippen LogP contribution in [0.2, 0.25) is 0 Å². The fourth-order valence-electron chi connectivity index (χ4n) is 2.43. The Morgan fingerprint density at radius 2 is 2.08 bits per heavy atom. The van der Waals surface area contributed by atoms with Gasteiger partial charge in [0.15, 0.2) is 0 Å². The highest BCUT2D eigenvalue weighted by molar-refractivity contribution is 9.10. The van der Waals surface area contributed by atoms with Crippen LogP contribution in [0, 0.1) is 5.92 Å². The summed E-state index contributed by atoms with van der Waals surface area (Å²) in [6, 6.07) is 4.31. The lowest BCUT2D eigenvalue weighted by Crippen LogP contribution is -2.51. The Kier molecular flexibility index (Phi) is 6.22. The SMILES string of the molecule is C=C1NC(=O)N[C@H](c2ccc(OC)c(Br)c2)[C@H]1C(=O)OCCOC. The molecule has 1 heterocycles. The van der Waals surface area contributed by atoms with Gasteiger partial charge in [-0.3, -0.25) is 4.79 Å². The molecule has 2 rings (SSSR count). The normalized spacial score (nSPS) is 20.1. The lowest BCUT2D eigenvalue weighted by atomic mass is 9.89. The molecule has 2 N–H and O–H groups in total. The summed E-state index contributed by atoms with van der Waals surface area (Å²) in [5.74, 6) is -0.585. The Balaban J connectivity index is 2.28. The highest BCUT2D eigenvalue weighted by atomic mass is 79.9. The molecule has 8 heteroatoms. The number of esters is 1. The molecule has 0 radical (unpaired) electrons. The zero-order chi connectivity index (χ0) is 17.7.